The van der Waals surface area contributed by atoms with Crippen molar-refractivity contribution in [1.82, 2.24) is 14.1 Å². The van der Waals surface area contributed by atoms with Gasteiger partial charge in [-0.3, -0.25) is 9.59 Å². The standard InChI is InChI=1S/C21H31N3O4S/c1-15-14-16(2)18(4)21(17(15)3)29(27,28)24-12-10-23(11-13-24)20(26)7-9-22-8-5-6-19(22)25/h14H,5-13H2,1-4H3. The van der Waals surface area contributed by atoms with Crippen molar-refractivity contribution in [2.75, 3.05) is 39.3 Å². The monoisotopic (exact) mass is 421 g/mol. The molecule has 0 aromatic heterocycles. The summed E-state index contributed by atoms with van der Waals surface area (Å²) in [6.07, 6.45) is 1.73. The first kappa shape index (κ1) is 21.8. The fourth-order valence-corrected chi connectivity index (χ4v) is 6.20. The first-order chi connectivity index (χ1) is 13.6. The molecule has 3 rings (SSSR count). The highest BCUT2D eigenvalue weighted by Gasteiger charge is 2.33. The van der Waals surface area contributed by atoms with Crippen molar-refractivity contribution in [2.45, 2.75) is 51.9 Å². The Balaban J connectivity index is 1.64. The number of aryl methyl sites for hydroxylation is 2. The molecule has 0 unspecified atom stereocenters. The van der Waals surface area contributed by atoms with Crippen LogP contribution in [0.2, 0.25) is 0 Å². The molecule has 1 aromatic carbocycles. The zero-order valence-corrected chi connectivity index (χ0v) is 18.6. The number of likely N-dealkylation sites (tertiary alicyclic amines) is 1. The van der Waals surface area contributed by atoms with Crippen LogP contribution in [0.1, 0.15) is 41.5 Å². The largest absolute Gasteiger partial charge is 0.342 e. The van der Waals surface area contributed by atoms with Crippen molar-refractivity contribution >= 4 is 21.8 Å². The average molecular weight is 422 g/mol. The lowest BCUT2D eigenvalue weighted by atomic mass is 10.0. The number of rotatable bonds is 5. The lowest BCUT2D eigenvalue weighted by Gasteiger charge is -2.35. The molecule has 29 heavy (non-hydrogen) atoms. The summed E-state index contributed by atoms with van der Waals surface area (Å²) in [6, 6.07) is 2.02. The van der Waals surface area contributed by atoms with Crippen LogP contribution in [0, 0.1) is 27.7 Å². The van der Waals surface area contributed by atoms with E-state index < -0.39 is 10.0 Å². The third kappa shape index (κ3) is 4.33. The molecule has 0 saturated carbocycles. The topological polar surface area (TPSA) is 78.0 Å². The van der Waals surface area contributed by atoms with Gasteiger partial charge in [-0.05, 0) is 56.4 Å². The molecule has 0 radical (unpaired) electrons. The molecule has 2 fully saturated rings. The maximum absolute atomic E-state index is 13.3. The van der Waals surface area contributed by atoms with Crippen molar-refractivity contribution in [1.29, 1.82) is 0 Å². The van der Waals surface area contributed by atoms with Crippen LogP contribution >= 0.6 is 0 Å². The quantitative estimate of drug-likeness (QED) is 0.726. The zero-order chi connectivity index (χ0) is 21.3. The van der Waals surface area contributed by atoms with Gasteiger partial charge < -0.3 is 9.80 Å². The van der Waals surface area contributed by atoms with Gasteiger partial charge in [0.25, 0.3) is 0 Å². The molecule has 7 nitrogen and oxygen atoms in total. The molecule has 0 atom stereocenters. The molecule has 2 saturated heterocycles. The van der Waals surface area contributed by atoms with Gasteiger partial charge in [0.2, 0.25) is 21.8 Å². The van der Waals surface area contributed by atoms with Crippen LogP contribution in [0.5, 0.6) is 0 Å². The minimum Gasteiger partial charge on any atom is -0.342 e. The summed E-state index contributed by atoms with van der Waals surface area (Å²) in [6.45, 7) is 10.1. The fraction of sp³-hybridized carbons (Fsp3) is 0.619. The summed E-state index contributed by atoms with van der Waals surface area (Å²) in [4.78, 5) is 28.0. The molecule has 160 valence electrons. The smallest absolute Gasteiger partial charge is 0.243 e. The van der Waals surface area contributed by atoms with Gasteiger partial charge in [-0.2, -0.15) is 4.31 Å². The predicted molar refractivity (Wildman–Crippen MR) is 111 cm³/mol. The summed E-state index contributed by atoms with van der Waals surface area (Å²) < 4.78 is 28.1. The van der Waals surface area contributed by atoms with E-state index in [4.69, 9.17) is 0 Å². The highest BCUT2D eigenvalue weighted by atomic mass is 32.2. The van der Waals surface area contributed by atoms with Gasteiger partial charge in [-0.1, -0.05) is 6.07 Å². The van der Waals surface area contributed by atoms with E-state index in [-0.39, 0.29) is 11.8 Å². The average Bonchev–Trinajstić information content (AvgIpc) is 3.09. The van der Waals surface area contributed by atoms with Gasteiger partial charge in [0.05, 0.1) is 4.90 Å². The number of benzene rings is 1. The minimum absolute atomic E-state index is 0.0134. The number of piperazine rings is 1. The van der Waals surface area contributed by atoms with Crippen LogP contribution in [0.3, 0.4) is 0 Å². The first-order valence-electron chi connectivity index (χ1n) is 10.3. The van der Waals surface area contributed by atoms with Crippen molar-refractivity contribution < 1.29 is 18.0 Å². The maximum Gasteiger partial charge on any atom is 0.243 e. The van der Waals surface area contributed by atoms with Crippen molar-refractivity contribution in [3.8, 4) is 0 Å². The summed E-state index contributed by atoms with van der Waals surface area (Å²) in [5.74, 6) is 0.105. The van der Waals surface area contributed by atoms with E-state index in [9.17, 15) is 18.0 Å². The predicted octanol–water partition coefficient (Wildman–Crippen LogP) is 1.77. The highest BCUT2D eigenvalue weighted by molar-refractivity contribution is 7.89. The van der Waals surface area contributed by atoms with E-state index in [1.165, 1.54) is 4.31 Å². The third-order valence-corrected chi connectivity index (χ3v) is 8.43. The molecule has 0 bridgehead atoms. The number of carbonyl (C=O) groups excluding carboxylic acids is 2. The SMILES string of the molecule is Cc1cc(C)c(C)c(S(=O)(=O)N2CCN(C(=O)CCN3CCCC3=O)CC2)c1C. The van der Waals surface area contributed by atoms with Crippen LogP contribution in [-0.2, 0) is 19.6 Å². The maximum atomic E-state index is 13.3. The first-order valence-corrected chi connectivity index (χ1v) is 11.7. The third-order valence-electron chi connectivity index (χ3n) is 6.25. The Kier molecular flexibility index (Phi) is 6.33. The number of sulfonamides is 1. The summed E-state index contributed by atoms with van der Waals surface area (Å²) >= 11 is 0. The Morgan fingerprint density at radius 3 is 2.07 bits per heavy atom. The van der Waals surface area contributed by atoms with Crippen LogP contribution in [-0.4, -0.2) is 73.6 Å². The second-order valence-electron chi connectivity index (χ2n) is 8.11. The zero-order valence-electron chi connectivity index (χ0n) is 17.8. The Labute approximate surface area is 173 Å². The Hall–Kier alpha value is -1.93. The van der Waals surface area contributed by atoms with E-state index >= 15 is 0 Å². The number of nitrogens with zero attached hydrogens (tertiary/aromatic N) is 3. The van der Waals surface area contributed by atoms with Crippen molar-refractivity contribution in [2.24, 2.45) is 0 Å². The Bertz CT molecular complexity index is 892. The Morgan fingerprint density at radius 1 is 0.966 bits per heavy atom. The number of hydrogen-bond acceptors (Lipinski definition) is 4. The van der Waals surface area contributed by atoms with E-state index in [2.05, 4.69) is 0 Å². The van der Waals surface area contributed by atoms with E-state index in [1.807, 2.05) is 33.8 Å². The number of carbonyl (C=O) groups is 2. The van der Waals surface area contributed by atoms with Gasteiger partial charge in [0.1, 0.15) is 0 Å². The highest BCUT2D eigenvalue weighted by Crippen LogP contribution is 2.29. The van der Waals surface area contributed by atoms with Gasteiger partial charge >= 0.3 is 0 Å². The van der Waals surface area contributed by atoms with Crippen LogP contribution in [0.25, 0.3) is 0 Å². The molecule has 0 spiro atoms. The summed E-state index contributed by atoms with van der Waals surface area (Å²) in [7, 11) is -3.61. The van der Waals surface area contributed by atoms with Crippen LogP contribution in [0.4, 0.5) is 0 Å². The van der Waals surface area contributed by atoms with E-state index in [0.717, 1.165) is 35.2 Å². The van der Waals surface area contributed by atoms with Gasteiger partial charge in [-0.15, -0.1) is 0 Å². The molecule has 8 heteroatoms. The molecule has 2 amide bonds. The molecule has 2 aliphatic heterocycles. The Morgan fingerprint density at radius 2 is 1.55 bits per heavy atom. The summed E-state index contributed by atoms with van der Waals surface area (Å²) in [5, 5.41) is 0. The fourth-order valence-electron chi connectivity index (χ4n) is 4.20. The van der Waals surface area contributed by atoms with Crippen molar-refractivity contribution in [3.05, 3.63) is 28.3 Å². The lowest BCUT2D eigenvalue weighted by molar-refractivity contribution is -0.133. The van der Waals surface area contributed by atoms with Gasteiger partial charge in [-0.25, -0.2) is 8.42 Å². The molecular weight excluding hydrogens is 390 g/mol. The molecular formula is C21H31N3O4S. The molecule has 0 aliphatic carbocycles. The van der Waals surface area contributed by atoms with Gasteiger partial charge in [0, 0.05) is 52.1 Å². The van der Waals surface area contributed by atoms with Crippen molar-refractivity contribution in [3.63, 3.8) is 0 Å². The summed E-state index contributed by atoms with van der Waals surface area (Å²) in [5.41, 5.74) is 3.53. The minimum atomic E-state index is -3.61. The number of amides is 2. The lowest BCUT2D eigenvalue weighted by Crippen LogP contribution is -2.51. The molecule has 2 aliphatic rings. The van der Waals surface area contributed by atoms with E-state index in [0.29, 0.717) is 50.5 Å². The second kappa shape index (κ2) is 8.44. The molecule has 2 heterocycles. The van der Waals surface area contributed by atoms with Crippen LogP contribution < -0.4 is 0 Å². The van der Waals surface area contributed by atoms with Gasteiger partial charge in [0.15, 0.2) is 0 Å². The second-order valence-corrected chi connectivity index (χ2v) is 9.98. The normalized spacial score (nSPS) is 18.6. The van der Waals surface area contributed by atoms with Crippen LogP contribution in [0.15, 0.2) is 11.0 Å². The molecule has 1 aromatic rings. The van der Waals surface area contributed by atoms with E-state index in [1.54, 1.807) is 9.80 Å². The number of hydrogen-bond donors (Lipinski definition) is 0. The molecule has 0 N–H and O–H groups in total.